The van der Waals surface area contributed by atoms with E-state index < -0.39 is 0 Å². The molecule has 0 amide bonds. The molecule has 0 heterocycles. The van der Waals surface area contributed by atoms with Gasteiger partial charge in [0.25, 0.3) is 0 Å². The Hall–Kier alpha value is -1.39. The van der Waals surface area contributed by atoms with Gasteiger partial charge in [0.05, 0.1) is 13.2 Å². The van der Waals surface area contributed by atoms with Crippen LogP contribution in [0.2, 0.25) is 0 Å². The second-order valence-corrected chi connectivity index (χ2v) is 5.80. The summed E-state index contributed by atoms with van der Waals surface area (Å²) in [7, 11) is 1.47. The Morgan fingerprint density at radius 1 is 1.24 bits per heavy atom. The molecule has 0 spiro atoms. The second kappa shape index (κ2) is 7.05. The fourth-order valence-corrected chi connectivity index (χ4v) is 2.91. The van der Waals surface area contributed by atoms with E-state index in [-0.39, 0.29) is 17.6 Å². The standard InChI is InChI=1S/C17H19BrFNO/c1-4-20-17(14-7-6-13(18)9-11(14)2)12-5-8-16(21-3)15(19)10-12/h5-10,17,20H,4H2,1-3H3. The van der Waals surface area contributed by atoms with Crippen LogP contribution in [-0.4, -0.2) is 13.7 Å². The summed E-state index contributed by atoms with van der Waals surface area (Å²) in [6, 6.07) is 11.2. The van der Waals surface area contributed by atoms with Gasteiger partial charge in [-0.1, -0.05) is 35.0 Å². The fourth-order valence-electron chi connectivity index (χ4n) is 2.44. The molecular weight excluding hydrogens is 333 g/mol. The van der Waals surface area contributed by atoms with Gasteiger partial charge in [-0.05, 0) is 54.4 Å². The number of ether oxygens (including phenoxy) is 1. The number of hydrogen-bond acceptors (Lipinski definition) is 2. The topological polar surface area (TPSA) is 21.3 Å². The number of benzene rings is 2. The molecule has 0 radical (unpaired) electrons. The van der Waals surface area contributed by atoms with E-state index in [1.54, 1.807) is 6.07 Å². The third-order valence-electron chi connectivity index (χ3n) is 3.46. The molecule has 0 aromatic heterocycles. The number of aryl methyl sites for hydroxylation is 1. The molecule has 2 aromatic carbocycles. The maximum absolute atomic E-state index is 14.0. The zero-order valence-corrected chi connectivity index (χ0v) is 14.0. The maximum Gasteiger partial charge on any atom is 0.165 e. The van der Waals surface area contributed by atoms with Gasteiger partial charge in [-0.3, -0.25) is 0 Å². The van der Waals surface area contributed by atoms with Crippen molar-refractivity contribution in [3.05, 3.63) is 63.4 Å². The Kier molecular flexibility index (Phi) is 5.37. The van der Waals surface area contributed by atoms with E-state index in [1.807, 2.05) is 19.1 Å². The number of nitrogens with one attached hydrogen (secondary N) is 1. The van der Waals surface area contributed by atoms with Gasteiger partial charge in [0, 0.05) is 4.47 Å². The first kappa shape index (κ1) is 16.0. The number of methoxy groups -OCH3 is 1. The van der Waals surface area contributed by atoms with Crippen LogP contribution in [0, 0.1) is 12.7 Å². The Balaban J connectivity index is 2.45. The number of hydrogen-bond donors (Lipinski definition) is 1. The third-order valence-corrected chi connectivity index (χ3v) is 3.95. The van der Waals surface area contributed by atoms with E-state index in [2.05, 4.69) is 40.3 Å². The molecule has 2 rings (SSSR count). The normalized spacial score (nSPS) is 12.2. The van der Waals surface area contributed by atoms with Crippen molar-refractivity contribution in [2.24, 2.45) is 0 Å². The molecule has 0 aliphatic carbocycles. The van der Waals surface area contributed by atoms with Crippen LogP contribution in [0.15, 0.2) is 40.9 Å². The average Bonchev–Trinajstić information content (AvgIpc) is 2.45. The molecule has 0 bridgehead atoms. The predicted octanol–water partition coefficient (Wildman–Crippen LogP) is 4.60. The summed E-state index contributed by atoms with van der Waals surface area (Å²) in [5.41, 5.74) is 3.19. The summed E-state index contributed by atoms with van der Waals surface area (Å²) in [5, 5.41) is 3.42. The summed E-state index contributed by atoms with van der Waals surface area (Å²) in [6.45, 7) is 4.90. The van der Waals surface area contributed by atoms with Gasteiger partial charge in [0.2, 0.25) is 0 Å². The number of halogens is 2. The van der Waals surface area contributed by atoms with Crippen LogP contribution in [0.4, 0.5) is 4.39 Å². The van der Waals surface area contributed by atoms with Gasteiger partial charge in [0.15, 0.2) is 11.6 Å². The van der Waals surface area contributed by atoms with Gasteiger partial charge in [0.1, 0.15) is 0 Å². The van der Waals surface area contributed by atoms with Gasteiger partial charge >= 0.3 is 0 Å². The van der Waals surface area contributed by atoms with Crippen molar-refractivity contribution in [1.82, 2.24) is 5.32 Å². The molecule has 21 heavy (non-hydrogen) atoms. The van der Waals surface area contributed by atoms with Crippen molar-refractivity contribution in [3.63, 3.8) is 0 Å². The molecule has 0 aliphatic heterocycles. The predicted molar refractivity (Wildman–Crippen MR) is 87.4 cm³/mol. The van der Waals surface area contributed by atoms with E-state index >= 15 is 0 Å². The van der Waals surface area contributed by atoms with Gasteiger partial charge in [-0.2, -0.15) is 0 Å². The lowest BCUT2D eigenvalue weighted by atomic mass is 9.95. The minimum absolute atomic E-state index is 0.0384. The Morgan fingerprint density at radius 2 is 2.00 bits per heavy atom. The van der Waals surface area contributed by atoms with Crippen molar-refractivity contribution in [2.75, 3.05) is 13.7 Å². The van der Waals surface area contributed by atoms with E-state index in [0.29, 0.717) is 0 Å². The molecule has 2 aromatic rings. The second-order valence-electron chi connectivity index (χ2n) is 4.89. The smallest absolute Gasteiger partial charge is 0.165 e. The van der Waals surface area contributed by atoms with E-state index in [1.165, 1.54) is 13.2 Å². The molecule has 1 unspecified atom stereocenters. The Labute approximate surface area is 133 Å². The zero-order valence-electron chi connectivity index (χ0n) is 12.4. The minimum Gasteiger partial charge on any atom is -0.494 e. The lowest BCUT2D eigenvalue weighted by Crippen LogP contribution is -2.23. The molecule has 0 fully saturated rings. The summed E-state index contributed by atoms with van der Waals surface area (Å²) >= 11 is 3.47. The van der Waals surface area contributed by atoms with Crippen LogP contribution in [0.1, 0.15) is 29.7 Å². The molecule has 1 N–H and O–H groups in total. The van der Waals surface area contributed by atoms with Gasteiger partial charge in [-0.25, -0.2) is 4.39 Å². The summed E-state index contributed by atoms with van der Waals surface area (Å²) in [4.78, 5) is 0. The first-order valence-corrected chi connectivity index (χ1v) is 7.69. The molecule has 2 nitrogen and oxygen atoms in total. The van der Waals surface area contributed by atoms with Crippen LogP contribution in [-0.2, 0) is 0 Å². The van der Waals surface area contributed by atoms with Crippen LogP contribution in [0.5, 0.6) is 5.75 Å². The van der Waals surface area contributed by atoms with Crippen LogP contribution in [0.25, 0.3) is 0 Å². The molecular formula is C17H19BrFNO. The largest absolute Gasteiger partial charge is 0.494 e. The zero-order chi connectivity index (χ0) is 15.4. The third kappa shape index (κ3) is 3.63. The van der Waals surface area contributed by atoms with Crippen molar-refractivity contribution in [2.45, 2.75) is 19.9 Å². The van der Waals surface area contributed by atoms with Crippen LogP contribution < -0.4 is 10.1 Å². The molecule has 4 heteroatoms. The van der Waals surface area contributed by atoms with E-state index in [0.717, 1.165) is 27.7 Å². The average molecular weight is 352 g/mol. The molecule has 1 atom stereocenters. The minimum atomic E-state index is -0.340. The molecule has 0 aliphatic rings. The lowest BCUT2D eigenvalue weighted by molar-refractivity contribution is 0.385. The molecule has 112 valence electrons. The quantitative estimate of drug-likeness (QED) is 0.849. The Morgan fingerprint density at radius 3 is 2.57 bits per heavy atom. The van der Waals surface area contributed by atoms with Crippen LogP contribution in [0.3, 0.4) is 0 Å². The first-order valence-electron chi connectivity index (χ1n) is 6.89. The summed E-state index contributed by atoms with van der Waals surface area (Å²) in [6.07, 6.45) is 0. The van der Waals surface area contributed by atoms with E-state index in [4.69, 9.17) is 4.74 Å². The highest BCUT2D eigenvalue weighted by atomic mass is 79.9. The fraction of sp³-hybridized carbons (Fsp3) is 0.294. The van der Waals surface area contributed by atoms with Crippen molar-refractivity contribution in [1.29, 1.82) is 0 Å². The summed E-state index contributed by atoms with van der Waals surface area (Å²) < 4.78 is 20.0. The highest BCUT2D eigenvalue weighted by Crippen LogP contribution is 2.29. The van der Waals surface area contributed by atoms with Crippen molar-refractivity contribution < 1.29 is 9.13 Å². The molecule has 0 saturated carbocycles. The van der Waals surface area contributed by atoms with Crippen LogP contribution >= 0.6 is 15.9 Å². The first-order chi connectivity index (χ1) is 10.1. The van der Waals surface area contributed by atoms with Crippen molar-refractivity contribution in [3.8, 4) is 5.75 Å². The number of rotatable bonds is 5. The SMILES string of the molecule is CCNC(c1ccc(OC)c(F)c1)c1ccc(Br)cc1C. The summed E-state index contributed by atoms with van der Waals surface area (Å²) in [5.74, 6) is -0.0748. The molecule has 0 saturated heterocycles. The van der Waals surface area contributed by atoms with Gasteiger partial charge in [-0.15, -0.1) is 0 Å². The highest BCUT2D eigenvalue weighted by Gasteiger charge is 2.17. The lowest BCUT2D eigenvalue weighted by Gasteiger charge is -2.21. The van der Waals surface area contributed by atoms with Crippen molar-refractivity contribution >= 4 is 15.9 Å². The monoisotopic (exact) mass is 351 g/mol. The van der Waals surface area contributed by atoms with E-state index in [9.17, 15) is 4.39 Å². The van der Waals surface area contributed by atoms with Gasteiger partial charge < -0.3 is 10.1 Å². The highest BCUT2D eigenvalue weighted by molar-refractivity contribution is 9.10. The maximum atomic E-state index is 14.0. The Bertz CT molecular complexity index is 630.